The van der Waals surface area contributed by atoms with E-state index in [1.54, 1.807) is 0 Å². The van der Waals surface area contributed by atoms with Gasteiger partial charge in [-0.25, -0.2) is 0 Å². The van der Waals surface area contributed by atoms with Gasteiger partial charge in [0.15, 0.2) is 0 Å². The number of hydrogen-bond acceptors (Lipinski definition) is 3. The van der Waals surface area contributed by atoms with E-state index in [4.69, 9.17) is 5.73 Å². The van der Waals surface area contributed by atoms with Gasteiger partial charge in [0.1, 0.15) is 0 Å². The molecule has 0 radical (unpaired) electrons. The second-order valence-electron chi connectivity index (χ2n) is 7.85. The first-order chi connectivity index (χ1) is 10.4. The van der Waals surface area contributed by atoms with E-state index in [-0.39, 0.29) is 22.8 Å². The second-order valence-corrected chi connectivity index (χ2v) is 7.85. The molecule has 1 saturated carbocycles. The van der Waals surface area contributed by atoms with Gasteiger partial charge in [-0.15, -0.1) is 0 Å². The molecule has 0 aliphatic heterocycles. The first-order valence-electron chi connectivity index (χ1n) is 8.44. The number of amides is 1. The number of nitrogens with one attached hydrogen (secondary N) is 1. The maximum absolute atomic E-state index is 12.7. The highest BCUT2D eigenvalue weighted by Crippen LogP contribution is 2.53. The molecule has 0 saturated heterocycles. The third-order valence-corrected chi connectivity index (χ3v) is 5.37. The summed E-state index contributed by atoms with van der Waals surface area (Å²) in [5, 5.41) is 7.69. The van der Waals surface area contributed by atoms with Crippen molar-refractivity contribution in [2.75, 3.05) is 6.54 Å². The topological polar surface area (TPSA) is 72.9 Å². The summed E-state index contributed by atoms with van der Waals surface area (Å²) >= 11 is 0. The Labute approximate surface area is 132 Å². The smallest absolute Gasteiger partial charge is 0.227 e. The van der Waals surface area contributed by atoms with E-state index >= 15 is 0 Å². The largest absolute Gasteiger partial charge is 0.352 e. The maximum atomic E-state index is 12.7. The zero-order valence-corrected chi connectivity index (χ0v) is 14.0. The molecule has 1 heterocycles. The molecule has 1 atom stereocenters. The van der Waals surface area contributed by atoms with Gasteiger partial charge in [-0.3, -0.25) is 9.48 Å². The Bertz CT molecular complexity index is 567. The molecule has 0 aromatic carbocycles. The highest BCUT2D eigenvalue weighted by Gasteiger charge is 2.53. The van der Waals surface area contributed by atoms with Crippen molar-refractivity contribution in [1.82, 2.24) is 15.1 Å². The van der Waals surface area contributed by atoms with Crippen LogP contribution in [0.4, 0.5) is 0 Å². The molecule has 5 heteroatoms. The number of nitrogens with two attached hydrogens (primary N) is 1. The SMILES string of the molecule is CCn1ncc2c1CCC(NC(=O)C1(CN)CC(C)(C)C1)C2. The van der Waals surface area contributed by atoms with E-state index in [2.05, 4.69) is 35.9 Å². The van der Waals surface area contributed by atoms with Crippen LogP contribution in [0.5, 0.6) is 0 Å². The van der Waals surface area contributed by atoms with Crippen LogP contribution in [0.15, 0.2) is 6.20 Å². The van der Waals surface area contributed by atoms with Crippen LogP contribution >= 0.6 is 0 Å². The lowest BCUT2D eigenvalue weighted by Gasteiger charge is -2.52. The average Bonchev–Trinajstić information content (AvgIpc) is 2.86. The number of fused-ring (bicyclic) bond motifs is 1. The molecule has 0 spiro atoms. The lowest BCUT2D eigenvalue weighted by molar-refractivity contribution is -0.144. The zero-order valence-electron chi connectivity index (χ0n) is 14.0. The Hall–Kier alpha value is -1.36. The first kappa shape index (κ1) is 15.5. The number of aromatic nitrogens is 2. The van der Waals surface area contributed by atoms with Crippen molar-refractivity contribution in [3.8, 4) is 0 Å². The molecule has 1 aromatic rings. The second kappa shape index (κ2) is 5.37. The highest BCUT2D eigenvalue weighted by molar-refractivity contribution is 5.84. The molecule has 3 rings (SSSR count). The van der Waals surface area contributed by atoms with Crippen molar-refractivity contribution >= 4 is 5.91 Å². The van der Waals surface area contributed by atoms with Gasteiger partial charge in [-0.2, -0.15) is 5.10 Å². The fourth-order valence-electron chi connectivity index (χ4n) is 4.50. The first-order valence-corrected chi connectivity index (χ1v) is 8.44. The summed E-state index contributed by atoms with van der Waals surface area (Å²) in [7, 11) is 0. The van der Waals surface area contributed by atoms with Gasteiger partial charge >= 0.3 is 0 Å². The monoisotopic (exact) mass is 304 g/mol. The van der Waals surface area contributed by atoms with Crippen molar-refractivity contribution in [2.24, 2.45) is 16.6 Å². The summed E-state index contributed by atoms with van der Waals surface area (Å²) in [6.07, 6.45) is 6.64. The molecule has 0 bridgehead atoms. The minimum absolute atomic E-state index is 0.158. The van der Waals surface area contributed by atoms with E-state index in [0.717, 1.165) is 38.6 Å². The standard InChI is InChI=1S/C17H28N4O/c1-4-21-14-6-5-13(7-12(14)8-19-21)20-15(22)17(11-18)9-16(2,3)10-17/h8,13H,4-7,9-11,18H2,1-3H3,(H,20,22). The van der Waals surface area contributed by atoms with Gasteiger partial charge in [0.2, 0.25) is 5.91 Å². The molecule has 3 N–H and O–H groups in total. The fraction of sp³-hybridized carbons (Fsp3) is 0.765. The predicted molar refractivity (Wildman–Crippen MR) is 86.4 cm³/mol. The molecule has 5 nitrogen and oxygen atoms in total. The molecule has 122 valence electrons. The zero-order chi connectivity index (χ0) is 16.0. The van der Waals surface area contributed by atoms with Crippen molar-refractivity contribution in [1.29, 1.82) is 0 Å². The van der Waals surface area contributed by atoms with E-state index in [1.807, 2.05) is 6.20 Å². The predicted octanol–water partition coefficient (Wildman–Crippen LogP) is 1.64. The third-order valence-electron chi connectivity index (χ3n) is 5.37. The van der Waals surface area contributed by atoms with Gasteiger partial charge in [0.25, 0.3) is 0 Å². The number of carbonyl (C=O) groups excluding carboxylic acids is 1. The lowest BCUT2D eigenvalue weighted by atomic mass is 9.54. The van der Waals surface area contributed by atoms with Crippen LogP contribution in [0.3, 0.4) is 0 Å². The molecule has 2 aliphatic carbocycles. The van der Waals surface area contributed by atoms with E-state index in [1.165, 1.54) is 11.3 Å². The molecule has 1 aromatic heterocycles. The molecule has 1 unspecified atom stereocenters. The molecular formula is C17H28N4O. The van der Waals surface area contributed by atoms with E-state index in [9.17, 15) is 4.79 Å². The summed E-state index contributed by atoms with van der Waals surface area (Å²) in [6.45, 7) is 7.90. The Morgan fingerprint density at radius 1 is 1.50 bits per heavy atom. The summed E-state index contributed by atoms with van der Waals surface area (Å²) in [4.78, 5) is 12.7. The molecule has 2 aliphatic rings. The number of hydrogen-bond donors (Lipinski definition) is 2. The minimum Gasteiger partial charge on any atom is -0.352 e. The quantitative estimate of drug-likeness (QED) is 0.888. The van der Waals surface area contributed by atoms with E-state index in [0.29, 0.717) is 6.54 Å². The number of nitrogens with zero attached hydrogens (tertiary/aromatic N) is 2. The average molecular weight is 304 g/mol. The Balaban J connectivity index is 1.64. The molecule has 1 amide bonds. The summed E-state index contributed by atoms with van der Waals surface area (Å²) in [5.41, 5.74) is 8.46. The summed E-state index contributed by atoms with van der Waals surface area (Å²) < 4.78 is 2.07. The van der Waals surface area contributed by atoms with Gasteiger partial charge in [0.05, 0.1) is 11.6 Å². The minimum atomic E-state index is -0.336. The number of carbonyl (C=O) groups is 1. The molecule has 1 fully saturated rings. The molecular weight excluding hydrogens is 276 g/mol. The number of rotatable bonds is 4. The maximum Gasteiger partial charge on any atom is 0.227 e. The summed E-state index contributed by atoms with van der Waals surface area (Å²) in [6, 6.07) is 0.224. The van der Waals surface area contributed by atoms with Gasteiger partial charge < -0.3 is 11.1 Å². The molecule has 22 heavy (non-hydrogen) atoms. The van der Waals surface area contributed by atoms with E-state index < -0.39 is 0 Å². The van der Waals surface area contributed by atoms with Crippen LogP contribution < -0.4 is 11.1 Å². The van der Waals surface area contributed by atoms with Crippen LogP contribution in [-0.2, 0) is 24.2 Å². The van der Waals surface area contributed by atoms with Crippen LogP contribution in [0.25, 0.3) is 0 Å². The van der Waals surface area contributed by atoms with Gasteiger partial charge in [-0.1, -0.05) is 13.8 Å². The van der Waals surface area contributed by atoms with Crippen LogP contribution in [-0.4, -0.2) is 28.3 Å². The van der Waals surface area contributed by atoms with Crippen LogP contribution in [0, 0.1) is 10.8 Å². The normalized spacial score (nSPS) is 25.2. The van der Waals surface area contributed by atoms with Crippen LogP contribution in [0.2, 0.25) is 0 Å². The van der Waals surface area contributed by atoms with Crippen molar-refractivity contribution in [3.63, 3.8) is 0 Å². The van der Waals surface area contributed by atoms with Gasteiger partial charge in [-0.05, 0) is 50.0 Å². The van der Waals surface area contributed by atoms with Crippen molar-refractivity contribution < 1.29 is 4.79 Å². The Kier molecular flexibility index (Phi) is 3.79. The fourth-order valence-corrected chi connectivity index (χ4v) is 4.50. The van der Waals surface area contributed by atoms with Crippen molar-refractivity contribution in [2.45, 2.75) is 65.5 Å². The number of aryl methyl sites for hydroxylation is 1. The van der Waals surface area contributed by atoms with Gasteiger partial charge in [0, 0.05) is 24.8 Å². The summed E-state index contributed by atoms with van der Waals surface area (Å²) in [5.74, 6) is 0.158. The Morgan fingerprint density at radius 2 is 2.23 bits per heavy atom. The lowest BCUT2D eigenvalue weighted by Crippen LogP contribution is -2.58. The Morgan fingerprint density at radius 3 is 2.82 bits per heavy atom. The van der Waals surface area contributed by atoms with Crippen LogP contribution in [0.1, 0.15) is 51.3 Å². The highest BCUT2D eigenvalue weighted by atomic mass is 16.2. The third kappa shape index (κ3) is 2.56. The van der Waals surface area contributed by atoms with Crippen molar-refractivity contribution in [3.05, 3.63) is 17.5 Å².